The average molecular weight is 282 g/mol. The molecule has 2 rings (SSSR count). The molecule has 1 aromatic carbocycles. The molecular formula is C14H20ClN3O. The van der Waals surface area contributed by atoms with Gasteiger partial charge in [0.15, 0.2) is 0 Å². The van der Waals surface area contributed by atoms with Crippen molar-refractivity contribution in [3.8, 4) is 0 Å². The van der Waals surface area contributed by atoms with Gasteiger partial charge in [-0.2, -0.15) is 0 Å². The van der Waals surface area contributed by atoms with Crippen molar-refractivity contribution in [3.63, 3.8) is 0 Å². The molecule has 4 nitrogen and oxygen atoms in total. The summed E-state index contributed by atoms with van der Waals surface area (Å²) in [6, 6.07) is 5.56. The highest BCUT2D eigenvalue weighted by atomic mass is 35.5. The first-order chi connectivity index (χ1) is 9.09. The lowest BCUT2D eigenvalue weighted by Crippen LogP contribution is -2.39. The molecule has 5 N–H and O–H groups in total. The van der Waals surface area contributed by atoms with Crippen molar-refractivity contribution < 1.29 is 4.79 Å². The monoisotopic (exact) mass is 281 g/mol. The lowest BCUT2D eigenvalue weighted by Gasteiger charge is -2.25. The van der Waals surface area contributed by atoms with Crippen molar-refractivity contribution >= 4 is 23.2 Å². The van der Waals surface area contributed by atoms with E-state index in [1.54, 1.807) is 12.1 Å². The van der Waals surface area contributed by atoms with E-state index in [4.69, 9.17) is 23.1 Å². The second-order valence-corrected chi connectivity index (χ2v) is 5.49. The number of hydrogen-bond donors (Lipinski definition) is 3. The van der Waals surface area contributed by atoms with Crippen LogP contribution < -0.4 is 16.8 Å². The number of nitrogens with one attached hydrogen (secondary N) is 1. The van der Waals surface area contributed by atoms with Gasteiger partial charge in [0.05, 0.1) is 10.6 Å². The van der Waals surface area contributed by atoms with Gasteiger partial charge in [-0.05, 0) is 25.0 Å². The van der Waals surface area contributed by atoms with Crippen LogP contribution in [0.5, 0.6) is 0 Å². The summed E-state index contributed by atoms with van der Waals surface area (Å²) < 4.78 is 0. The smallest absolute Gasteiger partial charge is 0.252 e. The van der Waals surface area contributed by atoms with E-state index in [0.29, 0.717) is 16.3 Å². The molecule has 1 aromatic rings. The first-order valence-corrected chi connectivity index (χ1v) is 7.08. The third kappa shape index (κ3) is 3.39. The zero-order valence-electron chi connectivity index (χ0n) is 10.9. The Morgan fingerprint density at radius 1 is 1.26 bits per heavy atom. The zero-order chi connectivity index (χ0) is 13.8. The highest BCUT2D eigenvalue weighted by molar-refractivity contribution is 6.34. The molecule has 1 fully saturated rings. The molecule has 1 saturated carbocycles. The lowest BCUT2D eigenvalue weighted by molar-refractivity contribution is 0.100. The molecule has 104 valence electrons. The van der Waals surface area contributed by atoms with Gasteiger partial charge < -0.3 is 16.8 Å². The molecule has 2 atom stereocenters. The molecule has 0 spiro atoms. The van der Waals surface area contributed by atoms with E-state index >= 15 is 0 Å². The van der Waals surface area contributed by atoms with Crippen molar-refractivity contribution in [2.24, 2.45) is 11.5 Å². The Bertz CT molecular complexity index is 464. The summed E-state index contributed by atoms with van der Waals surface area (Å²) in [5.74, 6) is -0.518. The fraction of sp³-hybridized carbons (Fsp3) is 0.500. The number of carbonyl (C=O) groups is 1. The highest BCUT2D eigenvalue weighted by Crippen LogP contribution is 2.27. The first kappa shape index (κ1) is 14.2. The van der Waals surface area contributed by atoms with Crippen LogP contribution in [-0.2, 0) is 0 Å². The number of nitrogens with two attached hydrogens (primary N) is 2. The maximum absolute atomic E-state index is 11.5. The van der Waals surface area contributed by atoms with E-state index in [1.807, 2.05) is 6.07 Å². The summed E-state index contributed by atoms with van der Waals surface area (Å²) in [6.07, 6.45) is 5.54. The van der Waals surface area contributed by atoms with Gasteiger partial charge in [0, 0.05) is 17.8 Å². The molecule has 0 aromatic heterocycles. The van der Waals surface area contributed by atoms with Crippen LogP contribution in [0.3, 0.4) is 0 Å². The van der Waals surface area contributed by atoms with Crippen molar-refractivity contribution in [1.29, 1.82) is 0 Å². The Labute approximate surface area is 118 Å². The van der Waals surface area contributed by atoms with Crippen LogP contribution in [0.1, 0.15) is 42.5 Å². The number of rotatable bonds is 3. The van der Waals surface area contributed by atoms with Crippen LogP contribution >= 0.6 is 11.6 Å². The summed E-state index contributed by atoms with van der Waals surface area (Å²) in [4.78, 5) is 11.5. The van der Waals surface area contributed by atoms with Gasteiger partial charge in [0.1, 0.15) is 0 Å². The maximum atomic E-state index is 11.5. The topological polar surface area (TPSA) is 81.1 Å². The van der Waals surface area contributed by atoms with Gasteiger partial charge in [0.25, 0.3) is 5.91 Å². The molecule has 0 radical (unpaired) electrons. The van der Waals surface area contributed by atoms with Crippen molar-refractivity contribution in [1.82, 2.24) is 0 Å². The van der Waals surface area contributed by atoms with E-state index in [2.05, 4.69) is 5.32 Å². The summed E-state index contributed by atoms with van der Waals surface area (Å²) >= 11 is 6.04. The molecule has 1 aliphatic carbocycles. The van der Waals surface area contributed by atoms with Crippen LogP contribution in [0.4, 0.5) is 5.69 Å². The third-order valence-electron chi connectivity index (χ3n) is 3.67. The standard InChI is InChI=1S/C14H20ClN3O/c15-9-5-4-8-12(13(9)14(17)19)18-11-7-3-1-2-6-10(11)16/h4-5,8,10-11,18H,1-3,6-7,16H2,(H2,17,19). The fourth-order valence-corrected chi connectivity index (χ4v) is 2.88. The normalized spacial score (nSPS) is 23.7. The minimum Gasteiger partial charge on any atom is -0.380 e. The molecule has 0 aliphatic heterocycles. The number of carbonyl (C=O) groups excluding carboxylic acids is 1. The summed E-state index contributed by atoms with van der Waals surface area (Å²) in [6.45, 7) is 0. The minimum atomic E-state index is -0.518. The zero-order valence-corrected chi connectivity index (χ0v) is 11.6. The second kappa shape index (κ2) is 6.26. The Hall–Kier alpha value is -1.26. The Kier molecular flexibility index (Phi) is 4.66. The van der Waals surface area contributed by atoms with Gasteiger partial charge in [0.2, 0.25) is 0 Å². The van der Waals surface area contributed by atoms with Crippen molar-refractivity contribution in [2.75, 3.05) is 5.32 Å². The molecule has 0 bridgehead atoms. The number of primary amides is 1. The van der Waals surface area contributed by atoms with Gasteiger partial charge in [-0.1, -0.05) is 36.9 Å². The number of benzene rings is 1. The van der Waals surface area contributed by atoms with Crippen LogP contribution in [0, 0.1) is 0 Å². The van der Waals surface area contributed by atoms with E-state index in [-0.39, 0.29) is 12.1 Å². The lowest BCUT2D eigenvalue weighted by atomic mass is 10.0. The van der Waals surface area contributed by atoms with Gasteiger partial charge in [-0.15, -0.1) is 0 Å². The van der Waals surface area contributed by atoms with E-state index in [0.717, 1.165) is 25.7 Å². The number of halogens is 1. The minimum absolute atomic E-state index is 0.0993. The van der Waals surface area contributed by atoms with E-state index < -0.39 is 5.91 Å². The van der Waals surface area contributed by atoms with Crippen LogP contribution in [-0.4, -0.2) is 18.0 Å². The summed E-state index contributed by atoms with van der Waals surface area (Å²) in [7, 11) is 0. The Morgan fingerprint density at radius 3 is 2.74 bits per heavy atom. The molecule has 5 heteroatoms. The Balaban J connectivity index is 2.22. The van der Waals surface area contributed by atoms with Crippen LogP contribution in [0.25, 0.3) is 0 Å². The predicted octanol–water partition coefficient (Wildman–Crippen LogP) is 2.51. The average Bonchev–Trinajstić information content (AvgIpc) is 2.54. The quantitative estimate of drug-likeness (QED) is 0.745. The predicted molar refractivity (Wildman–Crippen MR) is 78.4 cm³/mol. The fourth-order valence-electron chi connectivity index (χ4n) is 2.61. The molecular weight excluding hydrogens is 262 g/mol. The molecule has 2 unspecified atom stereocenters. The van der Waals surface area contributed by atoms with Crippen molar-refractivity contribution in [2.45, 2.75) is 44.2 Å². The second-order valence-electron chi connectivity index (χ2n) is 5.08. The van der Waals surface area contributed by atoms with E-state index in [1.165, 1.54) is 6.42 Å². The van der Waals surface area contributed by atoms with Crippen LogP contribution in [0.2, 0.25) is 5.02 Å². The van der Waals surface area contributed by atoms with Crippen molar-refractivity contribution in [3.05, 3.63) is 28.8 Å². The van der Waals surface area contributed by atoms with Crippen LogP contribution in [0.15, 0.2) is 18.2 Å². The van der Waals surface area contributed by atoms with Gasteiger partial charge in [-0.25, -0.2) is 0 Å². The number of amides is 1. The first-order valence-electron chi connectivity index (χ1n) is 6.70. The number of anilines is 1. The van der Waals surface area contributed by atoms with Gasteiger partial charge in [-0.3, -0.25) is 4.79 Å². The molecule has 19 heavy (non-hydrogen) atoms. The maximum Gasteiger partial charge on any atom is 0.252 e. The molecule has 0 heterocycles. The molecule has 1 aliphatic rings. The highest BCUT2D eigenvalue weighted by Gasteiger charge is 2.22. The largest absolute Gasteiger partial charge is 0.380 e. The molecule has 1 amide bonds. The summed E-state index contributed by atoms with van der Waals surface area (Å²) in [5, 5.41) is 3.73. The SMILES string of the molecule is NC(=O)c1c(Cl)cccc1NC1CCCCCC1N. The Morgan fingerprint density at radius 2 is 2.00 bits per heavy atom. The summed E-state index contributed by atoms with van der Waals surface area (Å²) in [5.41, 5.74) is 12.6. The molecule has 0 saturated heterocycles. The van der Waals surface area contributed by atoms with E-state index in [9.17, 15) is 4.79 Å². The number of hydrogen-bond acceptors (Lipinski definition) is 3. The third-order valence-corrected chi connectivity index (χ3v) is 3.99. The van der Waals surface area contributed by atoms with Gasteiger partial charge >= 0.3 is 0 Å².